The summed E-state index contributed by atoms with van der Waals surface area (Å²) in [5, 5.41) is 0. The third-order valence-corrected chi connectivity index (χ3v) is 7.58. The molecule has 0 fully saturated rings. The third kappa shape index (κ3) is 3.64. The summed E-state index contributed by atoms with van der Waals surface area (Å²) < 4.78 is 1.33. The molecular weight excluding hydrogens is 398 g/mol. The zero-order valence-corrected chi connectivity index (χ0v) is 17.2. The molecule has 124 valence electrons. The number of allylic oxidation sites excluding steroid dienone is 2. The van der Waals surface area contributed by atoms with E-state index in [1.165, 1.54) is 11.1 Å². The smallest absolute Gasteiger partial charge is 1.00 e. The van der Waals surface area contributed by atoms with Crippen LogP contribution in [0.4, 0.5) is 0 Å². The standard InChI is InChI=1S/2C10H9.3ClH.V/c2*1-8-6-9-4-2-3-5-10(9)7-8;;;;/h2*2-7H,1H3;3*1H;/q;;;;;+3/p-3. The maximum absolute atomic E-state index is 2.38. The third-order valence-electron chi connectivity index (χ3n) is 4.51. The predicted octanol–water partition coefficient (Wildman–Crippen LogP) is -3.60. The van der Waals surface area contributed by atoms with E-state index in [-0.39, 0.29) is 53.5 Å². The molecule has 2 aromatic rings. The van der Waals surface area contributed by atoms with Crippen LogP contribution in [0.25, 0.3) is 12.2 Å². The number of rotatable bonds is 2. The van der Waals surface area contributed by atoms with E-state index in [9.17, 15) is 0 Å². The Bertz CT molecular complexity index is 714. The second-order valence-electron chi connectivity index (χ2n) is 5.99. The molecule has 2 atom stereocenters. The van der Waals surface area contributed by atoms with E-state index < -0.39 is 0 Å². The Morgan fingerprint density at radius 1 is 0.625 bits per heavy atom. The molecule has 0 bridgehead atoms. The Labute approximate surface area is 170 Å². The molecule has 2 unspecified atom stereocenters. The van der Waals surface area contributed by atoms with Crippen LogP contribution >= 0.6 is 0 Å². The van der Waals surface area contributed by atoms with Gasteiger partial charge in [-0.05, 0) is 0 Å². The molecule has 0 N–H and O–H groups in total. The van der Waals surface area contributed by atoms with E-state index in [0.29, 0.717) is 9.26 Å². The first-order valence-corrected chi connectivity index (χ1v) is 9.09. The van der Waals surface area contributed by atoms with Crippen LogP contribution < -0.4 is 37.2 Å². The second kappa shape index (κ2) is 8.65. The first-order chi connectivity index (χ1) is 10.2. The van der Waals surface area contributed by atoms with Crippen molar-refractivity contribution in [1.29, 1.82) is 0 Å². The van der Waals surface area contributed by atoms with Crippen molar-refractivity contribution in [2.75, 3.05) is 0 Å². The quantitative estimate of drug-likeness (QED) is 0.476. The summed E-state index contributed by atoms with van der Waals surface area (Å²) in [6, 6.07) is 17.8. The average Bonchev–Trinajstić information content (AvgIpc) is 2.97. The van der Waals surface area contributed by atoms with Crippen LogP contribution in [0.15, 0.2) is 59.7 Å². The summed E-state index contributed by atoms with van der Waals surface area (Å²) >= 11 is 0.196. The SMILES string of the molecule is CC1=Cc2ccccc2[CH]1[V+3][CH]1C(C)=Cc2ccccc21.[Cl-].[Cl-].[Cl-]. The van der Waals surface area contributed by atoms with Crippen LogP contribution in [0.3, 0.4) is 0 Å². The van der Waals surface area contributed by atoms with Crippen molar-refractivity contribution in [2.45, 2.75) is 23.1 Å². The van der Waals surface area contributed by atoms with Gasteiger partial charge in [0.15, 0.2) is 0 Å². The summed E-state index contributed by atoms with van der Waals surface area (Å²) in [7, 11) is 0. The molecule has 0 spiro atoms. The van der Waals surface area contributed by atoms with Gasteiger partial charge < -0.3 is 37.2 Å². The summed E-state index contributed by atoms with van der Waals surface area (Å²) in [6.07, 6.45) is 4.77. The first kappa shape index (κ1) is 21.4. The van der Waals surface area contributed by atoms with Crippen LogP contribution in [-0.2, 0) is 16.3 Å². The molecule has 24 heavy (non-hydrogen) atoms. The Hall–Kier alpha value is -0.626. The molecule has 2 aliphatic rings. The molecule has 0 radical (unpaired) electrons. The molecule has 4 rings (SSSR count). The van der Waals surface area contributed by atoms with Crippen molar-refractivity contribution in [3.8, 4) is 0 Å². The zero-order chi connectivity index (χ0) is 14.4. The molecule has 4 heteroatoms. The molecule has 2 aromatic carbocycles. The fraction of sp³-hybridized carbons (Fsp3) is 0.200. The Morgan fingerprint density at radius 2 is 1.00 bits per heavy atom. The van der Waals surface area contributed by atoms with Crippen molar-refractivity contribution in [2.24, 2.45) is 0 Å². The van der Waals surface area contributed by atoms with Gasteiger partial charge >= 0.3 is 133 Å². The molecule has 0 amide bonds. The van der Waals surface area contributed by atoms with Gasteiger partial charge in [-0.1, -0.05) is 0 Å². The maximum Gasteiger partial charge on any atom is -1.00 e. The van der Waals surface area contributed by atoms with E-state index in [1.54, 1.807) is 22.3 Å². The Kier molecular flexibility index (Phi) is 7.72. The van der Waals surface area contributed by atoms with Crippen molar-refractivity contribution in [1.82, 2.24) is 0 Å². The maximum atomic E-state index is 2.38. The van der Waals surface area contributed by atoms with Gasteiger partial charge in [0.05, 0.1) is 0 Å². The van der Waals surface area contributed by atoms with Crippen LogP contribution in [0.1, 0.15) is 45.4 Å². The van der Waals surface area contributed by atoms with Gasteiger partial charge in [-0.2, -0.15) is 0 Å². The van der Waals surface area contributed by atoms with Crippen LogP contribution in [0.5, 0.6) is 0 Å². The largest absolute Gasteiger partial charge is 1.00 e. The normalized spacial score (nSPS) is 19.4. The van der Waals surface area contributed by atoms with Gasteiger partial charge in [0.25, 0.3) is 0 Å². The fourth-order valence-corrected chi connectivity index (χ4v) is 6.14. The summed E-state index contributed by atoms with van der Waals surface area (Å²) in [6.45, 7) is 4.61. The molecular formula is C20H18Cl3V. The van der Waals surface area contributed by atoms with E-state index in [1.807, 2.05) is 0 Å². The number of halogens is 3. The Balaban J connectivity index is 0.000000960. The summed E-state index contributed by atoms with van der Waals surface area (Å²) in [5.41, 5.74) is 9.06. The van der Waals surface area contributed by atoms with Gasteiger partial charge in [0.1, 0.15) is 0 Å². The van der Waals surface area contributed by atoms with Gasteiger partial charge in [0.2, 0.25) is 0 Å². The number of hydrogen-bond acceptors (Lipinski definition) is 0. The molecule has 2 aliphatic carbocycles. The van der Waals surface area contributed by atoms with Crippen LogP contribution in [-0.4, -0.2) is 0 Å². The Morgan fingerprint density at radius 3 is 1.42 bits per heavy atom. The fourth-order valence-electron chi connectivity index (χ4n) is 3.47. The van der Waals surface area contributed by atoms with Crippen LogP contribution in [0, 0.1) is 0 Å². The van der Waals surface area contributed by atoms with E-state index in [4.69, 9.17) is 0 Å². The van der Waals surface area contributed by atoms with E-state index in [2.05, 4.69) is 74.5 Å². The molecule has 0 aliphatic heterocycles. The summed E-state index contributed by atoms with van der Waals surface area (Å²) in [4.78, 5) is 0. The van der Waals surface area contributed by atoms with Crippen LogP contribution in [0.2, 0.25) is 0 Å². The van der Waals surface area contributed by atoms with Crippen molar-refractivity contribution >= 4 is 12.2 Å². The minimum Gasteiger partial charge on any atom is -1.00 e. The van der Waals surface area contributed by atoms with Crippen molar-refractivity contribution in [3.63, 3.8) is 0 Å². The average molecular weight is 416 g/mol. The van der Waals surface area contributed by atoms with Crippen molar-refractivity contribution < 1.29 is 53.5 Å². The van der Waals surface area contributed by atoms with Gasteiger partial charge in [-0.3, -0.25) is 0 Å². The number of fused-ring (bicyclic) bond motifs is 2. The minimum absolute atomic E-state index is 0. The van der Waals surface area contributed by atoms with Gasteiger partial charge in [-0.25, -0.2) is 0 Å². The molecule has 0 saturated carbocycles. The molecule has 0 heterocycles. The molecule has 0 aromatic heterocycles. The van der Waals surface area contributed by atoms with E-state index in [0.717, 1.165) is 0 Å². The predicted molar refractivity (Wildman–Crippen MR) is 85.7 cm³/mol. The minimum atomic E-state index is 0. The second-order valence-corrected chi connectivity index (χ2v) is 8.07. The van der Waals surface area contributed by atoms with Gasteiger partial charge in [0, 0.05) is 0 Å². The number of hydrogen-bond donors (Lipinski definition) is 0. The number of benzene rings is 2. The summed E-state index contributed by atoms with van der Waals surface area (Å²) in [5.74, 6) is 0. The van der Waals surface area contributed by atoms with Gasteiger partial charge in [-0.15, -0.1) is 0 Å². The zero-order valence-electron chi connectivity index (χ0n) is 13.5. The van der Waals surface area contributed by atoms with E-state index >= 15 is 0 Å². The molecule has 0 nitrogen and oxygen atoms in total. The monoisotopic (exact) mass is 414 g/mol. The topological polar surface area (TPSA) is 0 Å². The first-order valence-electron chi connectivity index (χ1n) is 7.48. The molecule has 0 saturated heterocycles. The van der Waals surface area contributed by atoms with Crippen molar-refractivity contribution in [3.05, 3.63) is 81.9 Å².